The maximum atomic E-state index is 14.5. The van der Waals surface area contributed by atoms with Crippen LogP contribution in [-0.4, -0.2) is 179 Å². The average molecular weight is 1630 g/mol. The van der Waals surface area contributed by atoms with Gasteiger partial charge in [0, 0.05) is 163 Å². The van der Waals surface area contributed by atoms with Crippen molar-refractivity contribution in [1.82, 2.24) is 58.9 Å². The lowest BCUT2D eigenvalue weighted by Gasteiger charge is -2.42. The predicted octanol–water partition coefficient (Wildman–Crippen LogP) is 19.2. The molecule has 4 aromatic carbocycles. The minimum absolute atomic E-state index is 0. The molecule has 114 heavy (non-hydrogen) atoms. The zero-order valence-electron chi connectivity index (χ0n) is 63.7. The number of nitrogens with one attached hydrogen (secondary N) is 2. The van der Waals surface area contributed by atoms with Crippen LogP contribution in [0.5, 0.6) is 0 Å². The van der Waals surface area contributed by atoms with Crippen molar-refractivity contribution in [3.8, 4) is 12.1 Å². The lowest BCUT2D eigenvalue weighted by Crippen LogP contribution is -2.55. The van der Waals surface area contributed by atoms with Crippen molar-refractivity contribution in [3.63, 3.8) is 0 Å². The van der Waals surface area contributed by atoms with Crippen molar-refractivity contribution in [2.24, 2.45) is 11.8 Å². The fourth-order valence-electron chi connectivity index (χ4n) is 14.7. The van der Waals surface area contributed by atoms with E-state index in [4.69, 9.17) is 52.7 Å². The van der Waals surface area contributed by atoms with Gasteiger partial charge >= 0.3 is 22.9 Å². The van der Waals surface area contributed by atoms with Gasteiger partial charge in [0.05, 0.1) is 46.7 Å². The zero-order valence-corrected chi connectivity index (χ0v) is 66.7. The van der Waals surface area contributed by atoms with Crippen LogP contribution in [0, 0.1) is 48.3 Å². The maximum Gasteiger partial charge on any atom is 0.410 e. The number of piperazine rings is 2. The summed E-state index contributed by atoms with van der Waals surface area (Å²) in [7, 11) is 0. The lowest BCUT2D eigenvalue weighted by atomic mass is 9.93. The smallest absolute Gasteiger partial charge is 0.410 e. The minimum Gasteiger partial charge on any atom is -0.444 e. The molecule has 8 heterocycles. The highest BCUT2D eigenvalue weighted by molar-refractivity contribution is 6.93. The van der Waals surface area contributed by atoms with Crippen LogP contribution in [0.3, 0.4) is 0 Å². The minimum atomic E-state index is -0.889. The fourth-order valence-corrected chi connectivity index (χ4v) is 15.1. The number of rotatable bonds is 12. The number of halogens is 4. The number of allylic oxidation sites excluding steroid dienone is 2. The molecule has 14 rings (SSSR count). The van der Waals surface area contributed by atoms with E-state index in [1.54, 1.807) is 21.9 Å². The number of pyridine rings is 2. The van der Waals surface area contributed by atoms with Crippen molar-refractivity contribution in [2.45, 2.75) is 147 Å². The third-order valence-electron chi connectivity index (χ3n) is 20.3. The molecule has 6 aliphatic rings. The number of benzene rings is 4. The van der Waals surface area contributed by atoms with E-state index in [-0.39, 0.29) is 65.9 Å². The van der Waals surface area contributed by atoms with Crippen LogP contribution in [0.4, 0.5) is 30.6 Å². The largest absolute Gasteiger partial charge is 0.444 e. The van der Waals surface area contributed by atoms with Gasteiger partial charge in [0.15, 0.2) is 0 Å². The van der Waals surface area contributed by atoms with E-state index >= 15 is 0 Å². The molecule has 4 fully saturated rings. The quantitative estimate of drug-likeness (QED) is 0.108. The van der Waals surface area contributed by atoms with Crippen molar-refractivity contribution >= 4 is 104 Å². The van der Waals surface area contributed by atoms with Crippen LogP contribution < -0.4 is 15.5 Å². The molecule has 4 aromatic heterocycles. The van der Waals surface area contributed by atoms with E-state index in [2.05, 4.69) is 123 Å². The molecule has 2 unspecified atom stereocenters. The normalized spacial score (nSPS) is 16.8. The molecule has 0 radical (unpaired) electrons. The molecular formula is C88H112Cl4N16O6. The molecule has 4 amide bonds. The number of imidazole rings is 2. The number of amides is 4. The fraction of sp³-hybridized carbons (Fsp3) is 0.432. The Morgan fingerprint density at radius 2 is 0.965 bits per heavy atom. The standard InChI is InChI=1S/C42H47ClN8O3.C23H24ClN5.C18H25N3O2.CCl2O.4CH4/c1-29-45-16-19-50(29)28-33-24-32-6-5-15-46-38(32)39(36-12-9-34(43)25-37(33)36)47-20-22-48(23-21-47)40(52)51(35-10-7-30(26-44)8-11-35)27-31-13-17-49(18-14-31)41(53)54-42(2,3)4;1-16-26-9-12-29(16)15-18-13-17-3-2-6-27-22(17)23(28-10-7-25-8-11-28)20-5-4-19(24)14-21(18)20;1-18(2,3)23-17(22)21-10-8-15(9-11-21)13-20-16-6-4-14(12-19)5-7-16;2-1(3)4;;;;/h5-12,15-16,19,24-25,31,39H,13-14,17-18,20-23,27-28H2,1-4H3;2-6,9,12-14,23,25H,7-8,10-11,15H2,1H3;4-7,15,20H,8-11,13H2,1-3H3;;4*1H4. The lowest BCUT2D eigenvalue weighted by molar-refractivity contribution is 0.0177. The van der Waals surface area contributed by atoms with E-state index in [1.165, 1.54) is 22.3 Å². The Labute approximate surface area is 694 Å². The summed E-state index contributed by atoms with van der Waals surface area (Å²) in [5, 5.41) is 26.5. The van der Waals surface area contributed by atoms with Gasteiger partial charge in [-0.25, -0.2) is 24.4 Å². The summed E-state index contributed by atoms with van der Waals surface area (Å²) < 4.78 is 14.4. The second-order valence-corrected chi connectivity index (χ2v) is 32.0. The van der Waals surface area contributed by atoms with E-state index in [0.29, 0.717) is 74.4 Å². The summed E-state index contributed by atoms with van der Waals surface area (Å²) in [6.07, 6.45) is 18.9. The molecule has 4 aliphatic heterocycles. The Morgan fingerprint density at radius 3 is 1.38 bits per heavy atom. The number of aromatic nitrogens is 6. The summed E-state index contributed by atoms with van der Waals surface area (Å²) in [5.41, 5.74) is 13.4. The first-order chi connectivity index (χ1) is 52.8. The molecule has 22 nitrogen and oxygen atoms in total. The molecule has 2 N–H and O–H groups in total. The molecule has 2 aliphatic carbocycles. The topological polar surface area (TPSA) is 239 Å². The van der Waals surface area contributed by atoms with Gasteiger partial charge in [-0.15, -0.1) is 0 Å². The van der Waals surface area contributed by atoms with E-state index in [9.17, 15) is 19.6 Å². The van der Waals surface area contributed by atoms with Crippen LogP contribution in [0.25, 0.3) is 23.3 Å². The second-order valence-electron chi connectivity index (χ2n) is 30.2. The number of anilines is 2. The highest BCUT2D eigenvalue weighted by Crippen LogP contribution is 2.43. The van der Waals surface area contributed by atoms with Gasteiger partial charge in [0.25, 0.3) is 0 Å². The molecule has 0 bridgehead atoms. The number of piperidine rings is 2. The van der Waals surface area contributed by atoms with Gasteiger partial charge < -0.3 is 43.9 Å². The molecule has 26 heteroatoms. The van der Waals surface area contributed by atoms with E-state index in [0.717, 1.165) is 140 Å². The zero-order chi connectivity index (χ0) is 78.2. The Hall–Kier alpha value is -9.62. The third kappa shape index (κ3) is 24.5. The van der Waals surface area contributed by atoms with Gasteiger partial charge in [-0.2, -0.15) is 10.5 Å². The predicted molar refractivity (Wildman–Crippen MR) is 461 cm³/mol. The third-order valence-corrected chi connectivity index (χ3v) is 20.8. The van der Waals surface area contributed by atoms with Gasteiger partial charge in [-0.05, 0) is 258 Å². The van der Waals surface area contributed by atoms with Gasteiger partial charge in [0.1, 0.15) is 22.9 Å². The number of urea groups is 1. The summed E-state index contributed by atoms with van der Waals surface area (Å²) in [6.45, 7) is 27.2. The van der Waals surface area contributed by atoms with Gasteiger partial charge in [-0.1, -0.05) is 77.2 Å². The second kappa shape index (κ2) is 42.1. The molecule has 608 valence electrons. The highest BCUT2D eigenvalue weighted by atomic mass is 35.5. The maximum absolute atomic E-state index is 14.5. The highest BCUT2D eigenvalue weighted by Gasteiger charge is 2.38. The Kier molecular flexibility index (Phi) is 33.8. The monoisotopic (exact) mass is 1630 g/mol. The van der Waals surface area contributed by atoms with E-state index in [1.807, 2.05) is 163 Å². The first kappa shape index (κ1) is 91.6. The Balaban J connectivity index is 0.000000252. The first-order valence-corrected chi connectivity index (χ1v) is 39.0. The number of nitriles is 2. The molecule has 8 aromatic rings. The van der Waals surface area contributed by atoms with E-state index < -0.39 is 15.9 Å². The number of hydrogen-bond donors (Lipinski definition) is 2. The van der Waals surface area contributed by atoms with Crippen LogP contribution in [0.1, 0.15) is 177 Å². The number of likely N-dealkylation sites (tertiary alicyclic amines) is 2. The summed E-state index contributed by atoms with van der Waals surface area (Å²) in [5.74, 6) is 2.69. The van der Waals surface area contributed by atoms with Crippen LogP contribution in [0.2, 0.25) is 10.0 Å². The number of nitrogens with zero attached hydrogens (tertiary/aromatic N) is 14. The van der Waals surface area contributed by atoms with Crippen molar-refractivity contribution in [2.75, 3.05) is 102 Å². The Bertz CT molecular complexity index is 4660. The number of carbonyl (C=O) groups excluding carboxylic acids is 4. The number of aryl methyl sites for hydroxylation is 2. The Morgan fingerprint density at radius 1 is 0.544 bits per heavy atom. The molecule has 0 saturated carbocycles. The van der Waals surface area contributed by atoms with Crippen LogP contribution >= 0.6 is 46.4 Å². The SMILES string of the molecule is C.C.C.C.CC(C)(C)OC(=O)N1CCC(CNc2ccc(C#N)cc2)CC1.Cc1nccn1CC1=Cc2cccnc2C(N2CCN(C(=O)N(CC3CCN(C(=O)OC(C)(C)C)CC3)c3ccc(C#N)cc3)CC2)c2ccc(Cl)cc21.Cc1nccn1CC1=Cc2cccnc2C(N2CCNCC2)c2ccc(Cl)cc21.O=C(Cl)Cl. The van der Waals surface area contributed by atoms with Crippen molar-refractivity contribution in [3.05, 3.63) is 224 Å². The number of fused-ring (bicyclic) bond motifs is 4. The molecule has 2 atom stereocenters. The summed E-state index contributed by atoms with van der Waals surface area (Å²) in [4.78, 5) is 79.2. The summed E-state index contributed by atoms with van der Waals surface area (Å²) >= 11 is 21.9. The number of ether oxygens (including phenoxy) is 2. The summed E-state index contributed by atoms with van der Waals surface area (Å²) in [6, 6.07) is 39.7. The van der Waals surface area contributed by atoms with Crippen LogP contribution in [-0.2, 0) is 22.6 Å². The average Bonchev–Trinajstić information content (AvgIpc) is 1.61. The van der Waals surface area contributed by atoms with Crippen LogP contribution in [0.15, 0.2) is 146 Å². The van der Waals surface area contributed by atoms with Gasteiger partial charge in [-0.3, -0.25) is 29.5 Å². The van der Waals surface area contributed by atoms with Crippen molar-refractivity contribution in [1.29, 1.82) is 10.5 Å². The molecule has 4 saturated heterocycles. The van der Waals surface area contributed by atoms with Crippen molar-refractivity contribution < 1.29 is 28.7 Å². The van der Waals surface area contributed by atoms with Gasteiger partial charge in [0.2, 0.25) is 0 Å². The molecule has 0 spiro atoms. The number of hydrogen-bond acceptors (Lipinski definition) is 16. The first-order valence-electron chi connectivity index (χ1n) is 37.4. The number of carbonyl (C=O) groups is 4. The molecular weight excluding hydrogens is 1520 g/mol.